The molecule has 0 saturated carbocycles. The molecule has 21 heavy (non-hydrogen) atoms. The zero-order chi connectivity index (χ0) is 14.7. The van der Waals surface area contributed by atoms with Crippen LogP contribution < -0.4 is 5.73 Å². The third-order valence-electron chi connectivity index (χ3n) is 3.30. The second-order valence-corrected chi connectivity index (χ2v) is 6.36. The molecule has 0 fully saturated rings. The Morgan fingerprint density at radius 2 is 1.90 bits per heavy atom. The molecular formula is C17H15ClN2S. The van der Waals surface area contributed by atoms with Crippen LogP contribution in [0.1, 0.15) is 11.6 Å². The molecule has 0 aliphatic heterocycles. The summed E-state index contributed by atoms with van der Waals surface area (Å²) in [6, 6.07) is 18.0. The monoisotopic (exact) mass is 314 g/mol. The number of benzene rings is 2. The van der Waals surface area contributed by atoms with Crippen LogP contribution in [0.2, 0.25) is 5.02 Å². The van der Waals surface area contributed by atoms with Gasteiger partial charge in [-0.3, -0.25) is 4.98 Å². The Labute approximate surface area is 133 Å². The summed E-state index contributed by atoms with van der Waals surface area (Å²) in [4.78, 5) is 5.50. The summed E-state index contributed by atoms with van der Waals surface area (Å²) in [6.45, 7) is 0. The normalized spacial score (nSPS) is 12.5. The number of halogens is 1. The summed E-state index contributed by atoms with van der Waals surface area (Å²) < 4.78 is 0. The lowest BCUT2D eigenvalue weighted by Crippen LogP contribution is -2.12. The van der Waals surface area contributed by atoms with Crippen molar-refractivity contribution in [1.82, 2.24) is 4.98 Å². The van der Waals surface area contributed by atoms with Gasteiger partial charge in [0, 0.05) is 33.3 Å². The number of pyridine rings is 1. The maximum atomic E-state index is 6.30. The highest BCUT2D eigenvalue weighted by atomic mass is 35.5. The summed E-state index contributed by atoms with van der Waals surface area (Å²) in [5.74, 6) is 0.827. The van der Waals surface area contributed by atoms with Gasteiger partial charge in [0.1, 0.15) is 0 Å². The van der Waals surface area contributed by atoms with Crippen LogP contribution in [-0.2, 0) is 0 Å². The zero-order valence-corrected chi connectivity index (χ0v) is 12.9. The average Bonchev–Trinajstić information content (AvgIpc) is 2.53. The Balaban J connectivity index is 1.71. The van der Waals surface area contributed by atoms with E-state index in [1.54, 1.807) is 18.0 Å². The van der Waals surface area contributed by atoms with E-state index in [0.717, 1.165) is 27.2 Å². The van der Waals surface area contributed by atoms with E-state index in [-0.39, 0.29) is 6.04 Å². The number of aromatic nitrogens is 1. The summed E-state index contributed by atoms with van der Waals surface area (Å²) in [5.41, 5.74) is 8.43. The Morgan fingerprint density at radius 3 is 2.71 bits per heavy atom. The molecule has 0 saturated heterocycles. The minimum Gasteiger partial charge on any atom is -0.323 e. The quantitative estimate of drug-likeness (QED) is 0.711. The Morgan fingerprint density at radius 1 is 1.10 bits per heavy atom. The van der Waals surface area contributed by atoms with Gasteiger partial charge in [-0.15, -0.1) is 11.8 Å². The molecule has 2 nitrogen and oxygen atoms in total. The fourth-order valence-electron chi connectivity index (χ4n) is 2.14. The van der Waals surface area contributed by atoms with E-state index in [4.69, 9.17) is 17.3 Å². The molecule has 0 spiro atoms. The molecule has 0 aliphatic rings. The number of rotatable bonds is 4. The summed E-state index contributed by atoms with van der Waals surface area (Å²) in [6.07, 6.45) is 1.80. The van der Waals surface area contributed by atoms with Crippen molar-refractivity contribution in [2.45, 2.75) is 10.9 Å². The van der Waals surface area contributed by atoms with E-state index in [9.17, 15) is 0 Å². The predicted octanol–water partition coefficient (Wildman–Crippen LogP) is 4.68. The van der Waals surface area contributed by atoms with Crippen molar-refractivity contribution in [1.29, 1.82) is 0 Å². The lowest BCUT2D eigenvalue weighted by Gasteiger charge is -2.12. The smallest absolute Gasteiger partial charge is 0.0702 e. The van der Waals surface area contributed by atoms with Gasteiger partial charge in [-0.05, 0) is 48.0 Å². The predicted molar refractivity (Wildman–Crippen MR) is 90.8 cm³/mol. The van der Waals surface area contributed by atoms with Crippen LogP contribution in [0.3, 0.4) is 0 Å². The lowest BCUT2D eigenvalue weighted by molar-refractivity contribution is 0.833. The van der Waals surface area contributed by atoms with Crippen LogP contribution in [0, 0.1) is 0 Å². The molecule has 2 N–H and O–H groups in total. The molecule has 4 heteroatoms. The van der Waals surface area contributed by atoms with Crippen molar-refractivity contribution in [3.63, 3.8) is 0 Å². The fourth-order valence-corrected chi connectivity index (χ4v) is 3.16. The molecule has 2 aromatic carbocycles. The van der Waals surface area contributed by atoms with E-state index >= 15 is 0 Å². The summed E-state index contributed by atoms with van der Waals surface area (Å²) in [7, 11) is 0. The van der Waals surface area contributed by atoms with Gasteiger partial charge in [0.05, 0.1) is 5.52 Å². The van der Waals surface area contributed by atoms with Crippen LogP contribution in [-0.4, -0.2) is 10.7 Å². The Hall–Kier alpha value is -1.55. The van der Waals surface area contributed by atoms with Crippen LogP contribution in [0.5, 0.6) is 0 Å². The molecule has 3 aromatic rings. The molecule has 1 heterocycles. The van der Waals surface area contributed by atoms with Crippen molar-refractivity contribution >= 4 is 34.3 Å². The van der Waals surface area contributed by atoms with E-state index in [1.165, 1.54) is 4.90 Å². The number of fused-ring (bicyclic) bond motifs is 1. The lowest BCUT2D eigenvalue weighted by atomic mass is 10.1. The van der Waals surface area contributed by atoms with E-state index in [1.807, 2.05) is 36.4 Å². The topological polar surface area (TPSA) is 38.9 Å². The van der Waals surface area contributed by atoms with Crippen LogP contribution >= 0.6 is 23.4 Å². The summed E-state index contributed by atoms with van der Waals surface area (Å²) in [5, 5.41) is 1.88. The van der Waals surface area contributed by atoms with Gasteiger partial charge in [-0.2, -0.15) is 0 Å². The maximum absolute atomic E-state index is 6.30. The molecule has 0 radical (unpaired) electrons. The molecule has 1 unspecified atom stereocenters. The molecule has 1 atom stereocenters. The van der Waals surface area contributed by atoms with Crippen LogP contribution in [0.25, 0.3) is 10.9 Å². The number of hydrogen-bond acceptors (Lipinski definition) is 3. The van der Waals surface area contributed by atoms with Gasteiger partial charge >= 0.3 is 0 Å². The van der Waals surface area contributed by atoms with Crippen molar-refractivity contribution in [2.24, 2.45) is 5.73 Å². The first-order valence-corrected chi connectivity index (χ1v) is 8.07. The first-order valence-electron chi connectivity index (χ1n) is 6.71. The highest BCUT2D eigenvalue weighted by Crippen LogP contribution is 2.26. The van der Waals surface area contributed by atoms with Gasteiger partial charge in [-0.25, -0.2) is 0 Å². The third kappa shape index (κ3) is 3.56. The molecule has 0 bridgehead atoms. The minimum atomic E-state index is -0.00437. The fraction of sp³-hybridized carbons (Fsp3) is 0.118. The Bertz CT molecular complexity index is 743. The Kier molecular flexibility index (Phi) is 4.44. The van der Waals surface area contributed by atoms with Crippen molar-refractivity contribution < 1.29 is 0 Å². The average molecular weight is 315 g/mol. The highest BCUT2D eigenvalue weighted by molar-refractivity contribution is 7.99. The SMILES string of the molecule is NC(CSc1ccc(Cl)cc1)c1ccc2ncccc2c1. The summed E-state index contributed by atoms with van der Waals surface area (Å²) >= 11 is 7.62. The zero-order valence-electron chi connectivity index (χ0n) is 11.4. The standard InChI is InChI=1S/C17H15ClN2S/c18-14-4-6-15(7-5-14)21-11-16(19)12-3-8-17-13(10-12)2-1-9-20-17/h1-10,16H,11,19H2. The molecule has 0 aliphatic carbocycles. The van der Waals surface area contributed by atoms with Crippen LogP contribution in [0.15, 0.2) is 65.7 Å². The van der Waals surface area contributed by atoms with Gasteiger partial charge < -0.3 is 5.73 Å². The highest BCUT2D eigenvalue weighted by Gasteiger charge is 2.08. The molecule has 0 amide bonds. The van der Waals surface area contributed by atoms with Crippen molar-refractivity contribution in [3.05, 3.63) is 71.4 Å². The second kappa shape index (κ2) is 6.48. The van der Waals surface area contributed by atoms with Crippen LogP contribution in [0.4, 0.5) is 0 Å². The first-order chi connectivity index (χ1) is 10.2. The largest absolute Gasteiger partial charge is 0.323 e. The van der Waals surface area contributed by atoms with Gasteiger partial charge in [0.15, 0.2) is 0 Å². The van der Waals surface area contributed by atoms with E-state index in [0.29, 0.717) is 0 Å². The van der Waals surface area contributed by atoms with Gasteiger partial charge in [-0.1, -0.05) is 23.7 Å². The molecular weight excluding hydrogens is 300 g/mol. The maximum Gasteiger partial charge on any atom is 0.0702 e. The first kappa shape index (κ1) is 14.4. The third-order valence-corrected chi connectivity index (χ3v) is 4.68. The second-order valence-electron chi connectivity index (χ2n) is 4.83. The molecule has 3 rings (SSSR count). The van der Waals surface area contributed by atoms with Crippen molar-refractivity contribution in [2.75, 3.05) is 5.75 Å². The van der Waals surface area contributed by atoms with Crippen molar-refractivity contribution in [3.8, 4) is 0 Å². The van der Waals surface area contributed by atoms with E-state index in [2.05, 4.69) is 23.2 Å². The number of nitrogens with two attached hydrogens (primary N) is 1. The van der Waals surface area contributed by atoms with Gasteiger partial charge in [0.2, 0.25) is 0 Å². The molecule has 1 aromatic heterocycles. The van der Waals surface area contributed by atoms with Gasteiger partial charge in [0.25, 0.3) is 0 Å². The number of hydrogen-bond donors (Lipinski definition) is 1. The minimum absolute atomic E-state index is 0.00437. The molecule has 106 valence electrons. The van der Waals surface area contributed by atoms with E-state index < -0.39 is 0 Å². The number of thioether (sulfide) groups is 1. The number of nitrogens with zero attached hydrogens (tertiary/aromatic N) is 1.